The molecule has 2 aromatic rings. The predicted octanol–water partition coefficient (Wildman–Crippen LogP) is 3.57. The Kier molecular flexibility index (Phi) is 2.47. The molecule has 0 radical (unpaired) electrons. The molecular formula is C17H17NO. The first-order chi connectivity index (χ1) is 9.43. The zero-order valence-corrected chi connectivity index (χ0v) is 10.9. The van der Waals surface area contributed by atoms with Gasteiger partial charge in [0.1, 0.15) is 5.75 Å². The van der Waals surface area contributed by atoms with Crippen molar-refractivity contribution in [3.8, 4) is 5.75 Å². The lowest BCUT2D eigenvalue weighted by Gasteiger charge is -2.28. The van der Waals surface area contributed by atoms with Gasteiger partial charge in [-0.1, -0.05) is 36.4 Å². The van der Waals surface area contributed by atoms with Crippen LogP contribution in [-0.2, 0) is 6.42 Å². The number of benzene rings is 2. The molecule has 2 aromatic carbocycles. The number of ether oxygens (including phenoxy) is 1. The van der Waals surface area contributed by atoms with Gasteiger partial charge in [0, 0.05) is 30.1 Å². The van der Waals surface area contributed by atoms with Crippen molar-refractivity contribution in [1.82, 2.24) is 0 Å². The molecule has 2 nitrogen and oxygen atoms in total. The van der Waals surface area contributed by atoms with Crippen LogP contribution in [0.4, 0.5) is 5.69 Å². The van der Waals surface area contributed by atoms with Crippen molar-refractivity contribution in [3.05, 3.63) is 59.2 Å². The van der Waals surface area contributed by atoms with Crippen LogP contribution in [0.3, 0.4) is 0 Å². The molecule has 2 aliphatic heterocycles. The van der Waals surface area contributed by atoms with Gasteiger partial charge >= 0.3 is 0 Å². The lowest BCUT2D eigenvalue weighted by atomic mass is 9.84. The highest BCUT2D eigenvalue weighted by molar-refractivity contribution is 5.60. The largest absolute Gasteiger partial charge is 0.493 e. The van der Waals surface area contributed by atoms with Crippen molar-refractivity contribution in [2.75, 3.05) is 18.5 Å². The molecule has 2 heteroatoms. The summed E-state index contributed by atoms with van der Waals surface area (Å²) in [4.78, 5) is 0. The number of rotatable bonds is 1. The van der Waals surface area contributed by atoms with Gasteiger partial charge in [0.2, 0.25) is 0 Å². The molecule has 0 spiro atoms. The standard InChI is InChI=1S/C17H17NO/c1-2-7-16-14(5-1)13(8-10-18-16)15-6-3-4-12-9-11-19-17(12)15/h1-7,13,18H,8-11H2. The van der Waals surface area contributed by atoms with E-state index in [4.69, 9.17) is 4.74 Å². The van der Waals surface area contributed by atoms with Crippen LogP contribution in [0.15, 0.2) is 42.5 Å². The second-order valence-electron chi connectivity index (χ2n) is 5.29. The monoisotopic (exact) mass is 251 g/mol. The van der Waals surface area contributed by atoms with Gasteiger partial charge in [-0.3, -0.25) is 0 Å². The summed E-state index contributed by atoms with van der Waals surface area (Å²) in [6, 6.07) is 15.2. The highest BCUT2D eigenvalue weighted by atomic mass is 16.5. The molecule has 0 saturated carbocycles. The van der Waals surface area contributed by atoms with E-state index in [1.54, 1.807) is 0 Å². The van der Waals surface area contributed by atoms with Gasteiger partial charge < -0.3 is 10.1 Å². The average Bonchev–Trinajstić information content (AvgIpc) is 2.95. The summed E-state index contributed by atoms with van der Waals surface area (Å²) in [5.41, 5.74) is 5.41. The molecule has 0 amide bonds. The Labute approximate surface area is 113 Å². The third-order valence-corrected chi connectivity index (χ3v) is 4.20. The van der Waals surface area contributed by atoms with E-state index in [0.29, 0.717) is 5.92 Å². The lowest BCUT2D eigenvalue weighted by molar-refractivity contribution is 0.351. The third-order valence-electron chi connectivity index (χ3n) is 4.20. The van der Waals surface area contributed by atoms with Crippen molar-refractivity contribution in [2.45, 2.75) is 18.8 Å². The SMILES string of the molecule is c1ccc2c(c1)NCCC2c1cccc2c1OCC2. The number of hydrogen-bond donors (Lipinski definition) is 1. The van der Waals surface area contributed by atoms with Crippen LogP contribution in [0.1, 0.15) is 29.0 Å². The molecule has 0 saturated heterocycles. The van der Waals surface area contributed by atoms with Gasteiger partial charge in [0.25, 0.3) is 0 Å². The summed E-state index contributed by atoms with van der Waals surface area (Å²) in [7, 11) is 0. The minimum absolute atomic E-state index is 0.463. The molecule has 4 rings (SSSR count). The molecule has 2 aliphatic rings. The number of fused-ring (bicyclic) bond motifs is 2. The summed E-state index contributed by atoms with van der Waals surface area (Å²) >= 11 is 0. The van der Waals surface area contributed by atoms with Crippen molar-refractivity contribution >= 4 is 5.69 Å². The van der Waals surface area contributed by atoms with Crippen LogP contribution < -0.4 is 10.1 Å². The molecule has 0 aromatic heterocycles. The van der Waals surface area contributed by atoms with Crippen LogP contribution in [0.2, 0.25) is 0 Å². The zero-order valence-electron chi connectivity index (χ0n) is 10.9. The quantitative estimate of drug-likeness (QED) is 0.836. The molecule has 96 valence electrons. The minimum Gasteiger partial charge on any atom is -0.493 e. The summed E-state index contributed by atoms with van der Waals surface area (Å²) in [6.45, 7) is 1.87. The highest BCUT2D eigenvalue weighted by Crippen LogP contribution is 2.42. The highest BCUT2D eigenvalue weighted by Gasteiger charge is 2.26. The normalized spacial score (nSPS) is 20.1. The fourth-order valence-corrected chi connectivity index (χ4v) is 3.31. The van der Waals surface area contributed by atoms with E-state index in [-0.39, 0.29) is 0 Å². The molecular weight excluding hydrogens is 234 g/mol. The molecule has 1 N–H and O–H groups in total. The van der Waals surface area contributed by atoms with Crippen LogP contribution in [-0.4, -0.2) is 13.2 Å². The van der Waals surface area contributed by atoms with E-state index in [9.17, 15) is 0 Å². The van der Waals surface area contributed by atoms with E-state index < -0.39 is 0 Å². The molecule has 19 heavy (non-hydrogen) atoms. The summed E-state index contributed by atoms with van der Waals surface area (Å²) in [6.07, 6.45) is 2.19. The molecule has 0 bridgehead atoms. The molecule has 1 unspecified atom stereocenters. The Morgan fingerprint density at radius 3 is 2.89 bits per heavy atom. The average molecular weight is 251 g/mol. The second-order valence-corrected chi connectivity index (χ2v) is 5.29. The fraction of sp³-hybridized carbons (Fsp3) is 0.294. The lowest BCUT2D eigenvalue weighted by Crippen LogP contribution is -2.17. The molecule has 0 aliphatic carbocycles. The maximum atomic E-state index is 5.88. The second kappa shape index (κ2) is 4.30. The van der Waals surface area contributed by atoms with E-state index in [1.807, 2.05) is 0 Å². The van der Waals surface area contributed by atoms with Gasteiger partial charge in [-0.25, -0.2) is 0 Å². The molecule has 2 heterocycles. The van der Waals surface area contributed by atoms with Gasteiger partial charge in [0.05, 0.1) is 6.61 Å². The van der Waals surface area contributed by atoms with Crippen molar-refractivity contribution in [1.29, 1.82) is 0 Å². The Bertz CT molecular complexity index is 620. The van der Waals surface area contributed by atoms with E-state index in [2.05, 4.69) is 47.8 Å². The smallest absolute Gasteiger partial charge is 0.126 e. The third kappa shape index (κ3) is 1.71. The number of hydrogen-bond acceptors (Lipinski definition) is 2. The summed E-state index contributed by atoms with van der Waals surface area (Å²) < 4.78 is 5.88. The first kappa shape index (κ1) is 10.9. The zero-order chi connectivity index (χ0) is 12.7. The molecule has 0 fully saturated rings. The van der Waals surface area contributed by atoms with Crippen LogP contribution in [0.25, 0.3) is 0 Å². The van der Waals surface area contributed by atoms with Gasteiger partial charge in [0.15, 0.2) is 0 Å². The van der Waals surface area contributed by atoms with Crippen LogP contribution in [0, 0.1) is 0 Å². The first-order valence-corrected chi connectivity index (χ1v) is 7.01. The Morgan fingerprint density at radius 1 is 1.00 bits per heavy atom. The summed E-state index contributed by atoms with van der Waals surface area (Å²) in [5, 5.41) is 3.49. The van der Waals surface area contributed by atoms with E-state index >= 15 is 0 Å². The van der Waals surface area contributed by atoms with Crippen LogP contribution in [0.5, 0.6) is 5.75 Å². The fourth-order valence-electron chi connectivity index (χ4n) is 3.31. The van der Waals surface area contributed by atoms with Gasteiger partial charge in [-0.2, -0.15) is 0 Å². The van der Waals surface area contributed by atoms with Crippen molar-refractivity contribution in [3.63, 3.8) is 0 Å². The number of nitrogens with one attached hydrogen (secondary N) is 1. The van der Waals surface area contributed by atoms with Crippen LogP contribution >= 0.6 is 0 Å². The van der Waals surface area contributed by atoms with Gasteiger partial charge in [-0.15, -0.1) is 0 Å². The topological polar surface area (TPSA) is 21.3 Å². The predicted molar refractivity (Wildman–Crippen MR) is 77.0 cm³/mol. The Morgan fingerprint density at radius 2 is 1.89 bits per heavy atom. The maximum absolute atomic E-state index is 5.88. The minimum atomic E-state index is 0.463. The molecule has 1 atom stereocenters. The maximum Gasteiger partial charge on any atom is 0.126 e. The van der Waals surface area contributed by atoms with E-state index in [0.717, 1.165) is 31.7 Å². The Balaban J connectivity index is 1.84. The van der Waals surface area contributed by atoms with Crippen molar-refractivity contribution < 1.29 is 4.74 Å². The van der Waals surface area contributed by atoms with Crippen molar-refractivity contribution in [2.24, 2.45) is 0 Å². The number of anilines is 1. The Hall–Kier alpha value is -1.96. The van der Waals surface area contributed by atoms with E-state index in [1.165, 1.54) is 22.4 Å². The number of para-hydroxylation sites is 2. The first-order valence-electron chi connectivity index (χ1n) is 7.01. The van der Waals surface area contributed by atoms with Gasteiger partial charge in [-0.05, 0) is 23.6 Å². The summed E-state index contributed by atoms with van der Waals surface area (Å²) in [5.74, 6) is 1.61.